The predicted octanol–water partition coefficient (Wildman–Crippen LogP) is -0.777. The SMILES string of the molecule is Nc1nc(OC2CCCC2)nc2c1ncn2[C@@H]1O[C@H](Cn2ncnc2N)[C@@H](O)[C@H]1O. The summed E-state index contributed by atoms with van der Waals surface area (Å²) in [4.78, 5) is 16.7. The van der Waals surface area contributed by atoms with Gasteiger partial charge in [0.15, 0.2) is 23.2 Å². The van der Waals surface area contributed by atoms with Crippen molar-refractivity contribution in [2.24, 2.45) is 0 Å². The molecule has 2 fully saturated rings. The Bertz CT molecular complexity index is 1050. The van der Waals surface area contributed by atoms with Gasteiger partial charge in [-0.05, 0) is 25.7 Å². The van der Waals surface area contributed by atoms with Gasteiger partial charge in [-0.2, -0.15) is 15.1 Å². The maximum absolute atomic E-state index is 10.6. The van der Waals surface area contributed by atoms with Crippen LogP contribution in [0.3, 0.4) is 0 Å². The summed E-state index contributed by atoms with van der Waals surface area (Å²) in [5, 5.41) is 25.1. The summed E-state index contributed by atoms with van der Waals surface area (Å²) in [5.41, 5.74) is 12.5. The second-order valence-electron chi connectivity index (χ2n) is 7.59. The van der Waals surface area contributed by atoms with Gasteiger partial charge in [-0.15, -0.1) is 0 Å². The first-order chi connectivity index (χ1) is 14.5. The number of aliphatic hydroxyl groups excluding tert-OH is 2. The molecular weight excluding hydrogens is 394 g/mol. The normalized spacial score (nSPS) is 27.3. The molecule has 3 aromatic rings. The van der Waals surface area contributed by atoms with E-state index in [0.29, 0.717) is 11.2 Å². The average Bonchev–Trinajstić information content (AvgIpc) is 3.49. The number of ether oxygens (including phenoxy) is 2. The number of anilines is 2. The molecule has 1 aliphatic carbocycles. The number of imidazole rings is 1. The van der Waals surface area contributed by atoms with Crippen LogP contribution in [0.1, 0.15) is 31.9 Å². The van der Waals surface area contributed by atoms with Crippen molar-refractivity contribution in [3.8, 4) is 6.01 Å². The highest BCUT2D eigenvalue weighted by Crippen LogP contribution is 2.33. The average molecular weight is 417 g/mol. The number of fused-ring (bicyclic) bond motifs is 1. The fourth-order valence-corrected chi connectivity index (χ4v) is 4.01. The number of hydrogen-bond acceptors (Lipinski definition) is 11. The Morgan fingerprint density at radius 2 is 1.93 bits per heavy atom. The van der Waals surface area contributed by atoms with Gasteiger partial charge >= 0.3 is 6.01 Å². The number of hydrogen-bond donors (Lipinski definition) is 4. The molecule has 1 aliphatic heterocycles. The molecule has 5 rings (SSSR count). The lowest BCUT2D eigenvalue weighted by atomic mass is 10.1. The molecular formula is C17H23N9O4. The minimum Gasteiger partial charge on any atom is -0.460 e. The van der Waals surface area contributed by atoms with Gasteiger partial charge in [0.2, 0.25) is 5.95 Å². The van der Waals surface area contributed by atoms with Gasteiger partial charge in [-0.3, -0.25) is 4.57 Å². The van der Waals surface area contributed by atoms with Crippen LogP contribution in [-0.2, 0) is 11.3 Å². The van der Waals surface area contributed by atoms with E-state index < -0.39 is 24.5 Å². The predicted molar refractivity (Wildman–Crippen MR) is 103 cm³/mol. The van der Waals surface area contributed by atoms with Crippen LogP contribution in [-0.4, -0.2) is 68.9 Å². The largest absolute Gasteiger partial charge is 0.460 e. The van der Waals surface area contributed by atoms with E-state index in [1.54, 1.807) is 0 Å². The summed E-state index contributed by atoms with van der Waals surface area (Å²) in [6, 6.07) is 0.161. The highest BCUT2D eigenvalue weighted by Gasteiger charge is 2.44. The van der Waals surface area contributed by atoms with Gasteiger partial charge in [-0.1, -0.05) is 0 Å². The number of rotatable bonds is 5. The van der Waals surface area contributed by atoms with E-state index >= 15 is 0 Å². The summed E-state index contributed by atoms with van der Waals surface area (Å²) in [5.74, 6) is 0.359. The van der Waals surface area contributed by atoms with Crippen LogP contribution >= 0.6 is 0 Å². The highest BCUT2D eigenvalue weighted by molar-refractivity contribution is 5.82. The van der Waals surface area contributed by atoms with E-state index in [0.717, 1.165) is 25.7 Å². The molecule has 1 saturated heterocycles. The molecule has 0 bridgehead atoms. The zero-order valence-corrected chi connectivity index (χ0v) is 16.1. The van der Waals surface area contributed by atoms with E-state index in [2.05, 4.69) is 25.0 Å². The minimum atomic E-state index is -1.23. The van der Waals surface area contributed by atoms with E-state index in [1.165, 1.54) is 21.9 Å². The molecule has 0 unspecified atom stereocenters. The lowest BCUT2D eigenvalue weighted by Gasteiger charge is -2.17. The lowest BCUT2D eigenvalue weighted by Crippen LogP contribution is -2.34. The fraction of sp³-hybridized carbons (Fsp3) is 0.588. The van der Waals surface area contributed by atoms with E-state index in [4.69, 9.17) is 20.9 Å². The Labute approximate surface area is 170 Å². The molecule has 3 aromatic heterocycles. The second-order valence-corrected chi connectivity index (χ2v) is 7.59. The Morgan fingerprint density at radius 3 is 2.67 bits per heavy atom. The molecule has 4 heterocycles. The summed E-state index contributed by atoms with van der Waals surface area (Å²) in [7, 11) is 0. The number of aliphatic hydroxyl groups is 2. The van der Waals surface area contributed by atoms with Gasteiger partial charge in [0.05, 0.1) is 12.9 Å². The first-order valence-corrected chi connectivity index (χ1v) is 9.83. The molecule has 13 nitrogen and oxygen atoms in total. The van der Waals surface area contributed by atoms with Crippen LogP contribution < -0.4 is 16.2 Å². The van der Waals surface area contributed by atoms with Gasteiger partial charge < -0.3 is 31.2 Å². The van der Waals surface area contributed by atoms with Crippen LogP contribution in [0.25, 0.3) is 11.2 Å². The minimum absolute atomic E-state index is 0.0610. The fourth-order valence-electron chi connectivity index (χ4n) is 4.01. The molecule has 0 spiro atoms. The molecule has 4 atom stereocenters. The van der Waals surface area contributed by atoms with Crippen molar-refractivity contribution in [2.45, 2.75) is 62.9 Å². The summed E-state index contributed by atoms with van der Waals surface area (Å²) in [6.45, 7) is 0.125. The molecule has 6 N–H and O–H groups in total. The molecule has 13 heteroatoms. The van der Waals surface area contributed by atoms with E-state index in [9.17, 15) is 10.2 Å². The van der Waals surface area contributed by atoms with Gasteiger partial charge in [0, 0.05) is 0 Å². The summed E-state index contributed by atoms with van der Waals surface area (Å²) < 4.78 is 14.7. The Morgan fingerprint density at radius 1 is 1.13 bits per heavy atom. The zero-order valence-electron chi connectivity index (χ0n) is 16.1. The standard InChI is InChI=1S/C17H23N9O4/c18-13-10-14(24-17(23-13)29-8-3-1-2-4-8)25(7-21-10)15-12(28)11(27)9(30-15)5-26-16(19)20-6-22-26/h6-9,11-12,15,27-28H,1-5H2,(H2,18,23,24)(H2,19,20,22)/t9-,11-,12-,15-/m1/s1. The number of aromatic nitrogens is 7. The summed E-state index contributed by atoms with van der Waals surface area (Å²) >= 11 is 0. The van der Waals surface area contributed by atoms with E-state index in [1.807, 2.05) is 0 Å². The van der Waals surface area contributed by atoms with Crippen molar-refractivity contribution >= 4 is 22.9 Å². The van der Waals surface area contributed by atoms with Gasteiger partial charge in [0.1, 0.15) is 30.7 Å². The van der Waals surface area contributed by atoms with Crippen molar-refractivity contribution in [3.63, 3.8) is 0 Å². The molecule has 0 amide bonds. The quantitative estimate of drug-likeness (QED) is 0.408. The third-order valence-corrected chi connectivity index (χ3v) is 5.61. The zero-order chi connectivity index (χ0) is 20.8. The first kappa shape index (κ1) is 19.0. The highest BCUT2D eigenvalue weighted by atomic mass is 16.6. The molecule has 2 aliphatic rings. The number of nitrogen functional groups attached to an aromatic ring is 2. The van der Waals surface area contributed by atoms with Gasteiger partial charge in [0.25, 0.3) is 0 Å². The molecule has 0 aromatic carbocycles. The van der Waals surface area contributed by atoms with Crippen molar-refractivity contribution in [1.29, 1.82) is 0 Å². The molecule has 30 heavy (non-hydrogen) atoms. The summed E-state index contributed by atoms with van der Waals surface area (Å²) in [6.07, 6.45) is 2.82. The Kier molecular flexibility index (Phi) is 4.64. The van der Waals surface area contributed by atoms with Crippen molar-refractivity contribution < 1.29 is 19.7 Å². The lowest BCUT2D eigenvalue weighted by molar-refractivity contribution is -0.0401. The maximum atomic E-state index is 10.6. The third-order valence-electron chi connectivity index (χ3n) is 5.61. The van der Waals surface area contributed by atoms with Crippen molar-refractivity contribution in [1.82, 2.24) is 34.3 Å². The molecule has 0 radical (unpaired) electrons. The third kappa shape index (κ3) is 3.20. The van der Waals surface area contributed by atoms with Crippen LogP contribution in [0.15, 0.2) is 12.7 Å². The van der Waals surface area contributed by atoms with Crippen LogP contribution in [0.2, 0.25) is 0 Å². The van der Waals surface area contributed by atoms with Gasteiger partial charge in [-0.25, -0.2) is 14.6 Å². The monoisotopic (exact) mass is 417 g/mol. The Hall–Kier alpha value is -3.03. The maximum Gasteiger partial charge on any atom is 0.320 e. The molecule has 1 saturated carbocycles. The van der Waals surface area contributed by atoms with Crippen LogP contribution in [0.5, 0.6) is 6.01 Å². The van der Waals surface area contributed by atoms with Crippen LogP contribution in [0.4, 0.5) is 11.8 Å². The number of nitrogens with zero attached hydrogens (tertiary/aromatic N) is 7. The topological polar surface area (TPSA) is 185 Å². The Balaban J connectivity index is 1.43. The first-order valence-electron chi connectivity index (χ1n) is 9.83. The second kappa shape index (κ2) is 7.34. The van der Waals surface area contributed by atoms with Crippen LogP contribution in [0, 0.1) is 0 Å². The molecule has 160 valence electrons. The number of nitrogens with two attached hydrogens (primary N) is 2. The smallest absolute Gasteiger partial charge is 0.320 e. The van der Waals surface area contributed by atoms with Crippen molar-refractivity contribution in [3.05, 3.63) is 12.7 Å². The van der Waals surface area contributed by atoms with Crippen molar-refractivity contribution in [2.75, 3.05) is 11.5 Å². The van der Waals surface area contributed by atoms with E-state index in [-0.39, 0.29) is 30.4 Å².